The molecule has 2 atom stereocenters. The van der Waals surface area contributed by atoms with Crippen LogP contribution in [0.1, 0.15) is 50.0 Å². The van der Waals surface area contributed by atoms with E-state index in [1.807, 2.05) is 9.80 Å². The van der Waals surface area contributed by atoms with Gasteiger partial charge in [-0.05, 0) is 42.9 Å². The maximum absolute atomic E-state index is 13.0. The van der Waals surface area contributed by atoms with Crippen LogP contribution in [0.25, 0.3) is 0 Å². The number of carbonyl (C=O) groups is 2. The van der Waals surface area contributed by atoms with Gasteiger partial charge in [0, 0.05) is 38.0 Å². The van der Waals surface area contributed by atoms with Gasteiger partial charge in [-0.3, -0.25) is 9.59 Å². The molecule has 4 rings (SSSR count). The van der Waals surface area contributed by atoms with Crippen molar-refractivity contribution in [2.45, 2.75) is 44.4 Å². The first kappa shape index (κ1) is 17.5. The SMILES string of the molecule is O=C(C1CCCCC1)N1CCN(C(=O)C2CC2c2ccc(F)cc2)CC1. The normalized spacial score (nSPS) is 26.7. The van der Waals surface area contributed by atoms with Gasteiger partial charge in [0.05, 0.1) is 0 Å². The second kappa shape index (κ2) is 7.37. The largest absolute Gasteiger partial charge is 0.339 e. The third-order valence-corrected chi connectivity index (χ3v) is 6.26. The average Bonchev–Trinajstić information content (AvgIpc) is 3.49. The van der Waals surface area contributed by atoms with E-state index < -0.39 is 0 Å². The van der Waals surface area contributed by atoms with Crippen LogP contribution in [0.3, 0.4) is 0 Å². The molecule has 0 N–H and O–H groups in total. The van der Waals surface area contributed by atoms with E-state index in [9.17, 15) is 14.0 Å². The minimum Gasteiger partial charge on any atom is -0.339 e. The summed E-state index contributed by atoms with van der Waals surface area (Å²) in [6, 6.07) is 6.50. The van der Waals surface area contributed by atoms with E-state index in [1.165, 1.54) is 31.4 Å². The monoisotopic (exact) mass is 358 g/mol. The van der Waals surface area contributed by atoms with E-state index in [2.05, 4.69) is 0 Å². The molecular weight excluding hydrogens is 331 g/mol. The summed E-state index contributed by atoms with van der Waals surface area (Å²) in [6.45, 7) is 2.61. The second-order valence-electron chi connectivity index (χ2n) is 7.99. The molecule has 0 aromatic heterocycles. The van der Waals surface area contributed by atoms with E-state index in [0.717, 1.165) is 24.8 Å². The van der Waals surface area contributed by atoms with Crippen molar-refractivity contribution < 1.29 is 14.0 Å². The van der Waals surface area contributed by atoms with Gasteiger partial charge in [0.15, 0.2) is 0 Å². The molecule has 1 heterocycles. The fourth-order valence-electron chi connectivity index (χ4n) is 4.54. The summed E-state index contributed by atoms with van der Waals surface area (Å²) in [6.07, 6.45) is 6.50. The van der Waals surface area contributed by atoms with E-state index in [0.29, 0.717) is 32.1 Å². The van der Waals surface area contributed by atoms with Crippen LogP contribution in [0.15, 0.2) is 24.3 Å². The Bertz CT molecular complexity index is 661. The average molecular weight is 358 g/mol. The van der Waals surface area contributed by atoms with Crippen LogP contribution in [-0.4, -0.2) is 47.8 Å². The van der Waals surface area contributed by atoms with E-state index in [4.69, 9.17) is 0 Å². The quantitative estimate of drug-likeness (QED) is 0.833. The Labute approximate surface area is 154 Å². The highest BCUT2D eigenvalue weighted by Gasteiger charge is 2.46. The topological polar surface area (TPSA) is 40.6 Å². The van der Waals surface area contributed by atoms with Crippen molar-refractivity contribution in [2.75, 3.05) is 26.2 Å². The van der Waals surface area contributed by atoms with Crippen molar-refractivity contribution in [3.05, 3.63) is 35.6 Å². The number of halogens is 1. The lowest BCUT2D eigenvalue weighted by Crippen LogP contribution is -2.52. The summed E-state index contributed by atoms with van der Waals surface area (Å²) < 4.78 is 13.0. The molecule has 1 aromatic rings. The molecule has 1 aliphatic heterocycles. The van der Waals surface area contributed by atoms with Gasteiger partial charge in [-0.2, -0.15) is 0 Å². The van der Waals surface area contributed by atoms with Gasteiger partial charge in [0.2, 0.25) is 11.8 Å². The molecule has 1 saturated heterocycles. The fourth-order valence-corrected chi connectivity index (χ4v) is 4.54. The first-order valence-electron chi connectivity index (χ1n) is 9.96. The van der Waals surface area contributed by atoms with Gasteiger partial charge in [-0.15, -0.1) is 0 Å². The third-order valence-electron chi connectivity index (χ3n) is 6.26. The molecule has 1 aromatic carbocycles. The third kappa shape index (κ3) is 3.62. The molecule has 0 spiro atoms. The molecule has 4 nitrogen and oxygen atoms in total. The molecule has 140 valence electrons. The minimum atomic E-state index is -0.240. The van der Waals surface area contributed by atoms with Crippen LogP contribution in [0, 0.1) is 17.7 Å². The summed E-state index contributed by atoms with van der Waals surface area (Å²) in [4.78, 5) is 29.2. The molecule has 0 radical (unpaired) electrons. The number of piperazine rings is 1. The Kier molecular flexibility index (Phi) is 4.96. The van der Waals surface area contributed by atoms with Crippen LogP contribution in [0.2, 0.25) is 0 Å². The van der Waals surface area contributed by atoms with Crippen molar-refractivity contribution in [3.63, 3.8) is 0 Å². The van der Waals surface area contributed by atoms with Crippen LogP contribution in [0.5, 0.6) is 0 Å². The smallest absolute Gasteiger partial charge is 0.226 e. The Morgan fingerprint density at radius 1 is 0.846 bits per heavy atom. The summed E-state index contributed by atoms with van der Waals surface area (Å²) in [5.74, 6) is 0.718. The zero-order chi connectivity index (χ0) is 18.1. The first-order valence-corrected chi connectivity index (χ1v) is 9.96. The summed E-state index contributed by atoms with van der Waals surface area (Å²) in [5.41, 5.74) is 1.05. The van der Waals surface area contributed by atoms with Gasteiger partial charge in [0.25, 0.3) is 0 Å². The molecular formula is C21H27FN2O2. The predicted octanol–water partition coefficient (Wildman–Crippen LogP) is 3.18. The molecule has 26 heavy (non-hydrogen) atoms. The Morgan fingerprint density at radius 3 is 2.04 bits per heavy atom. The lowest BCUT2D eigenvalue weighted by Gasteiger charge is -2.37. The van der Waals surface area contributed by atoms with E-state index >= 15 is 0 Å². The minimum absolute atomic E-state index is 0.0288. The summed E-state index contributed by atoms with van der Waals surface area (Å²) in [5, 5.41) is 0. The molecule has 3 aliphatic rings. The van der Waals surface area contributed by atoms with Crippen molar-refractivity contribution >= 4 is 11.8 Å². The molecule has 2 saturated carbocycles. The number of nitrogens with zero attached hydrogens (tertiary/aromatic N) is 2. The van der Waals surface area contributed by atoms with Crippen LogP contribution in [-0.2, 0) is 9.59 Å². The van der Waals surface area contributed by atoms with E-state index in [-0.39, 0.29) is 29.5 Å². The standard InChI is InChI=1S/C21H27FN2O2/c22-17-8-6-15(7-9-17)18-14-19(18)21(26)24-12-10-23(11-13-24)20(25)16-4-2-1-3-5-16/h6-9,16,18-19H,1-5,10-14H2. The molecule has 2 aliphatic carbocycles. The number of benzene rings is 1. The summed E-state index contributed by atoms with van der Waals surface area (Å²) in [7, 11) is 0. The highest BCUT2D eigenvalue weighted by Crippen LogP contribution is 2.48. The number of rotatable bonds is 3. The lowest BCUT2D eigenvalue weighted by atomic mass is 9.88. The van der Waals surface area contributed by atoms with Crippen molar-refractivity contribution in [1.29, 1.82) is 0 Å². The summed E-state index contributed by atoms with van der Waals surface area (Å²) >= 11 is 0. The van der Waals surface area contributed by atoms with Crippen molar-refractivity contribution in [2.24, 2.45) is 11.8 Å². The zero-order valence-corrected chi connectivity index (χ0v) is 15.2. The Hall–Kier alpha value is -1.91. The molecule has 3 fully saturated rings. The zero-order valence-electron chi connectivity index (χ0n) is 15.2. The van der Waals surface area contributed by atoms with Crippen LogP contribution >= 0.6 is 0 Å². The van der Waals surface area contributed by atoms with Crippen LogP contribution < -0.4 is 0 Å². The Morgan fingerprint density at radius 2 is 1.42 bits per heavy atom. The fraction of sp³-hybridized carbons (Fsp3) is 0.619. The first-order chi connectivity index (χ1) is 12.6. The van der Waals surface area contributed by atoms with Gasteiger partial charge in [-0.1, -0.05) is 31.4 Å². The maximum atomic E-state index is 13.0. The number of carbonyl (C=O) groups excluding carboxylic acids is 2. The number of amides is 2. The van der Waals surface area contributed by atoms with Gasteiger partial charge in [-0.25, -0.2) is 4.39 Å². The number of hydrogen-bond acceptors (Lipinski definition) is 2. The lowest BCUT2D eigenvalue weighted by molar-refractivity contribution is -0.143. The molecule has 2 amide bonds. The Balaban J connectivity index is 1.27. The molecule has 5 heteroatoms. The second-order valence-corrected chi connectivity index (χ2v) is 7.99. The highest BCUT2D eigenvalue weighted by atomic mass is 19.1. The van der Waals surface area contributed by atoms with Crippen molar-refractivity contribution in [1.82, 2.24) is 9.80 Å². The van der Waals surface area contributed by atoms with Gasteiger partial charge < -0.3 is 9.80 Å². The highest BCUT2D eigenvalue weighted by molar-refractivity contribution is 5.84. The molecule has 2 unspecified atom stereocenters. The van der Waals surface area contributed by atoms with Gasteiger partial charge in [0.1, 0.15) is 5.82 Å². The van der Waals surface area contributed by atoms with Gasteiger partial charge >= 0.3 is 0 Å². The predicted molar refractivity (Wildman–Crippen MR) is 97.0 cm³/mol. The van der Waals surface area contributed by atoms with Crippen molar-refractivity contribution in [3.8, 4) is 0 Å². The van der Waals surface area contributed by atoms with E-state index in [1.54, 1.807) is 12.1 Å². The van der Waals surface area contributed by atoms with Crippen LogP contribution in [0.4, 0.5) is 4.39 Å². The maximum Gasteiger partial charge on any atom is 0.226 e. The molecule has 0 bridgehead atoms. The number of hydrogen-bond donors (Lipinski definition) is 0.